The van der Waals surface area contributed by atoms with Crippen LogP contribution in [0.2, 0.25) is 0 Å². The van der Waals surface area contributed by atoms with Gasteiger partial charge in [-0.15, -0.1) is 10.1 Å². The summed E-state index contributed by atoms with van der Waals surface area (Å²) in [7, 11) is 0. The third kappa shape index (κ3) is 259. The molecule has 0 atom stereocenters. The van der Waals surface area contributed by atoms with Gasteiger partial charge in [0, 0.05) is 0 Å². The molecule has 0 fully saturated rings. The minimum Gasteiger partial charge on any atom is -0.470 e. The molecular formula is C2H15K3N5O9+. The number of nitrogens with zero attached hydrogens (tertiary/aromatic N) is 1. The van der Waals surface area contributed by atoms with Crippen molar-refractivity contribution < 1.29 is 196 Å². The summed E-state index contributed by atoms with van der Waals surface area (Å²) >= 11 is 0. The molecule has 0 aromatic rings. The first-order chi connectivity index (χ1) is 7.42. The van der Waals surface area contributed by atoms with Crippen molar-refractivity contribution in [1.82, 2.24) is 0 Å². The van der Waals surface area contributed by atoms with Gasteiger partial charge in [-0.25, -0.2) is 6.67 Å². The maximum absolute atomic E-state index is 8.36. The predicted octanol–water partition coefficient (Wildman–Crippen LogP) is -11.4. The van der Waals surface area contributed by atoms with Gasteiger partial charge in [-0.3, -0.25) is 26.3 Å². The van der Waals surface area contributed by atoms with Crippen LogP contribution in [-0.4, -0.2) is 36.6 Å². The van der Waals surface area contributed by atoms with Crippen molar-refractivity contribution in [3.63, 3.8) is 0 Å². The van der Waals surface area contributed by atoms with Crippen LogP contribution in [0, 0.1) is 23.1 Å². The van der Waals surface area contributed by atoms with Gasteiger partial charge in [0.1, 0.15) is 0 Å². The fourth-order valence-electron chi connectivity index (χ4n) is 0. The first-order valence-corrected chi connectivity index (χ1v) is 2.60. The second-order valence-corrected chi connectivity index (χ2v) is 0.924. The second kappa shape index (κ2) is 67.9. The molecule has 0 aromatic carbocycles. The number of rotatable bonds is 1. The van der Waals surface area contributed by atoms with Gasteiger partial charge in [-0.1, -0.05) is 0 Å². The molecule has 17 heteroatoms. The molecule has 0 bridgehead atoms. The normalized spacial score (nSPS) is 5.37. The molecule has 0 rings (SSSR count). The van der Waals surface area contributed by atoms with E-state index in [0.29, 0.717) is 0 Å². The molecule has 14 nitrogen and oxygen atoms in total. The van der Waals surface area contributed by atoms with Crippen molar-refractivity contribution in [1.29, 1.82) is 0 Å². The van der Waals surface area contributed by atoms with Crippen LogP contribution in [0.25, 0.3) is 0 Å². The summed E-state index contributed by atoms with van der Waals surface area (Å²) in [4.78, 5) is 11.6. The topological polar surface area (TPSA) is 278 Å². The summed E-state index contributed by atoms with van der Waals surface area (Å²) in [5.74, 6) is 0. The molecule has 0 amide bonds. The molecule has 0 radical (unpaired) electrons. The Labute approximate surface area is 236 Å². The van der Waals surface area contributed by atoms with Crippen LogP contribution in [0.1, 0.15) is 0 Å². The molecule has 0 aliphatic carbocycles. The van der Waals surface area contributed by atoms with E-state index in [1.54, 1.807) is 0 Å². The van der Waals surface area contributed by atoms with Crippen LogP contribution >= 0.6 is 0 Å². The Kier molecular flexibility index (Phi) is 177. The second-order valence-electron chi connectivity index (χ2n) is 0.924. The van der Waals surface area contributed by atoms with E-state index in [1.165, 1.54) is 0 Å². The van der Waals surface area contributed by atoms with Gasteiger partial charge >= 0.3 is 154 Å². The first kappa shape index (κ1) is 49.5. The maximum Gasteiger partial charge on any atom is 1.00 e. The molecule has 19 heavy (non-hydrogen) atoms. The molecule has 104 valence electrons. The van der Waals surface area contributed by atoms with Gasteiger partial charge in [-0.05, 0) is 6.35 Å². The van der Waals surface area contributed by atoms with Crippen molar-refractivity contribution in [3.05, 3.63) is 23.1 Å². The van der Waals surface area contributed by atoms with E-state index >= 15 is 0 Å². The third-order valence-electron chi connectivity index (χ3n) is 0.105. The van der Waals surface area contributed by atoms with E-state index in [9.17, 15) is 0 Å². The molecule has 0 heterocycles. The molecular weight excluding hydrogens is 355 g/mol. The van der Waals surface area contributed by atoms with Gasteiger partial charge in [0.15, 0.2) is 0 Å². The predicted molar refractivity (Wildman–Crippen MR) is 47.3 cm³/mol. The Morgan fingerprint density at radius 2 is 1.11 bits per heavy atom. The summed E-state index contributed by atoms with van der Waals surface area (Å²) in [6.07, 6.45) is -0.440. The number of hydrogen-bond acceptors (Lipinski definition) is 12. The molecule has 0 aliphatic heterocycles. The summed E-state index contributed by atoms with van der Waals surface area (Å²) in [5, 5.41) is 45.0. The van der Waals surface area contributed by atoms with E-state index in [0.717, 1.165) is 6.67 Å². The first-order valence-electron chi connectivity index (χ1n) is 2.60. The molecule has 0 saturated carbocycles. The number of hydrogen-bond donors (Lipinski definition) is 10. The largest absolute Gasteiger partial charge is 1.00 e. The van der Waals surface area contributed by atoms with E-state index in [4.69, 9.17) is 41.6 Å². The summed E-state index contributed by atoms with van der Waals surface area (Å²) in [6, 6.07) is 0. The Morgan fingerprint density at radius 3 is 1.11 bits per heavy atom. The average Bonchev–Trinajstić information content (AvgIpc) is 2.24. The van der Waals surface area contributed by atoms with Crippen LogP contribution < -0.4 is 177 Å². The van der Waals surface area contributed by atoms with Crippen LogP contribution in [0.5, 0.6) is 0 Å². The van der Waals surface area contributed by atoms with Crippen molar-refractivity contribution in [2.24, 2.45) is 22.9 Å². The summed E-state index contributed by atoms with van der Waals surface area (Å²) in [6.45, 7) is 1.00. The zero-order valence-electron chi connectivity index (χ0n) is 10.7. The van der Waals surface area contributed by atoms with Gasteiger partial charge in [0.05, 0.1) is 0 Å². The van der Waals surface area contributed by atoms with Gasteiger partial charge in [-0.2, -0.15) is 0 Å². The van der Waals surface area contributed by atoms with Gasteiger partial charge < -0.3 is 33.0 Å². The number of nitrogens with two attached hydrogens (primary N) is 4. The molecule has 0 unspecified atom stereocenters. The minimum atomic E-state index is -1.50. The molecule has 0 spiro atoms. The zero-order chi connectivity index (χ0) is 14.6. The standard InChI is InChI=1S/CH5N2O2.CH5N2.3K.HNO3.2H2O2/c2-1(3)5-4;2-1-3;;;;2-1(3)4;2*1-2/h4H,2-3H2;1H,2-3H2;;;;(H,2,3,4);2*1-2H/q2*-1;3*+1;;;. The molecule has 14 N–H and O–H groups in total. The quantitative estimate of drug-likeness (QED) is 0.0675. The molecule has 0 saturated heterocycles. The Bertz CT molecular complexity index is 99.9. The summed E-state index contributed by atoms with van der Waals surface area (Å²) in [5.41, 5.74) is 18.0. The van der Waals surface area contributed by atoms with E-state index in [-0.39, 0.29) is 154 Å². The summed E-state index contributed by atoms with van der Waals surface area (Å²) < 4.78 is 0. The monoisotopic (exact) mass is 370 g/mol. The Hall–Kier alpha value is 3.71. The van der Waals surface area contributed by atoms with Gasteiger partial charge in [0.25, 0.3) is 5.09 Å². The Balaban J connectivity index is -0.0000000134. The van der Waals surface area contributed by atoms with Crippen LogP contribution in [0.3, 0.4) is 0 Å². The van der Waals surface area contributed by atoms with Crippen LogP contribution in [-0.2, 0) is 4.89 Å². The fourth-order valence-corrected chi connectivity index (χ4v) is 0. The van der Waals surface area contributed by atoms with E-state index in [2.05, 4.69) is 27.8 Å². The average molecular weight is 370 g/mol. The van der Waals surface area contributed by atoms with Crippen molar-refractivity contribution in [2.75, 3.05) is 0 Å². The SMILES string of the molecule is N[C-](N)OO.N[CH-]N.O=[N+]([O-])O.OO.OO.[K+].[K+].[K+]. The zero-order valence-corrected chi connectivity index (χ0v) is 20.1. The van der Waals surface area contributed by atoms with Crippen LogP contribution in [0.15, 0.2) is 0 Å². The van der Waals surface area contributed by atoms with Gasteiger partial charge in [0.2, 0.25) is 0 Å². The van der Waals surface area contributed by atoms with Crippen molar-refractivity contribution >= 4 is 0 Å². The smallest absolute Gasteiger partial charge is 0.470 e. The molecule has 0 aliphatic rings. The fraction of sp³-hybridized carbons (Fsp3) is 0. The van der Waals surface area contributed by atoms with Crippen molar-refractivity contribution in [2.45, 2.75) is 0 Å². The maximum atomic E-state index is 8.36. The van der Waals surface area contributed by atoms with Crippen LogP contribution in [0.4, 0.5) is 0 Å². The molecule has 0 aromatic heterocycles. The van der Waals surface area contributed by atoms with E-state index in [1.807, 2.05) is 0 Å². The van der Waals surface area contributed by atoms with E-state index < -0.39 is 11.4 Å². The third-order valence-corrected chi connectivity index (χ3v) is 0.105. The van der Waals surface area contributed by atoms with Crippen molar-refractivity contribution in [3.8, 4) is 0 Å². The Morgan fingerprint density at radius 1 is 1.05 bits per heavy atom. The minimum absolute atomic E-state index is 0.